The molecule has 202 valence electrons. The number of carbonyl (C=O) groups is 3. The Morgan fingerprint density at radius 2 is 1.56 bits per heavy atom. The van der Waals surface area contributed by atoms with Gasteiger partial charge in [-0.15, -0.1) is 0 Å². The van der Waals surface area contributed by atoms with E-state index in [9.17, 15) is 14.4 Å². The zero-order chi connectivity index (χ0) is 28.1. The summed E-state index contributed by atoms with van der Waals surface area (Å²) in [6, 6.07) is 20.1. The average Bonchev–Trinajstić information content (AvgIpc) is 3.01. The van der Waals surface area contributed by atoms with Crippen molar-refractivity contribution in [2.45, 2.75) is 38.3 Å². The molecule has 4 rings (SSSR count). The summed E-state index contributed by atoms with van der Waals surface area (Å²) in [5.74, 6) is -1.51. The second-order valence-electron chi connectivity index (χ2n) is 9.28. The van der Waals surface area contributed by atoms with Crippen molar-refractivity contribution in [3.8, 4) is 0 Å². The molecule has 0 spiro atoms. The molecule has 0 radical (unpaired) electrons. The molecule has 3 aromatic carbocycles. The molecule has 3 aromatic rings. The van der Waals surface area contributed by atoms with Crippen molar-refractivity contribution in [1.82, 2.24) is 9.80 Å². The van der Waals surface area contributed by atoms with Gasteiger partial charge in [0.25, 0.3) is 5.91 Å². The molecule has 0 fully saturated rings. The molecular formula is C30H27BrCl2N2O4. The van der Waals surface area contributed by atoms with Gasteiger partial charge in [-0.1, -0.05) is 81.6 Å². The van der Waals surface area contributed by atoms with Crippen molar-refractivity contribution in [1.29, 1.82) is 0 Å². The van der Waals surface area contributed by atoms with Crippen molar-refractivity contribution < 1.29 is 19.5 Å². The number of hydrogen-bond acceptors (Lipinski definition) is 3. The zero-order valence-electron chi connectivity index (χ0n) is 21.2. The molecule has 0 aliphatic carbocycles. The number of carboxylic acids is 1. The van der Waals surface area contributed by atoms with Crippen molar-refractivity contribution in [2.75, 3.05) is 6.54 Å². The first kappa shape index (κ1) is 28.9. The van der Waals surface area contributed by atoms with E-state index >= 15 is 0 Å². The summed E-state index contributed by atoms with van der Waals surface area (Å²) >= 11 is 15.9. The largest absolute Gasteiger partial charge is 0.481 e. The number of carboxylic acid groups (broad SMARTS) is 1. The van der Waals surface area contributed by atoms with E-state index in [0.717, 1.165) is 10.0 Å². The Morgan fingerprint density at radius 3 is 2.18 bits per heavy atom. The van der Waals surface area contributed by atoms with Crippen LogP contribution in [0.3, 0.4) is 0 Å². The van der Waals surface area contributed by atoms with Crippen molar-refractivity contribution in [3.63, 3.8) is 0 Å². The Labute approximate surface area is 246 Å². The van der Waals surface area contributed by atoms with Crippen LogP contribution >= 0.6 is 39.1 Å². The molecule has 1 unspecified atom stereocenters. The Hall–Kier alpha value is -3.13. The monoisotopic (exact) mass is 628 g/mol. The predicted molar refractivity (Wildman–Crippen MR) is 156 cm³/mol. The lowest BCUT2D eigenvalue weighted by Gasteiger charge is -2.36. The lowest BCUT2D eigenvalue weighted by molar-refractivity contribution is -0.142. The zero-order valence-corrected chi connectivity index (χ0v) is 24.3. The van der Waals surface area contributed by atoms with Crippen LogP contribution in [0.1, 0.15) is 55.0 Å². The van der Waals surface area contributed by atoms with Crippen molar-refractivity contribution >= 4 is 62.6 Å². The lowest BCUT2D eigenvalue weighted by atomic mass is 9.99. The van der Waals surface area contributed by atoms with E-state index in [2.05, 4.69) is 15.9 Å². The first-order valence-electron chi connectivity index (χ1n) is 12.5. The smallest absolute Gasteiger partial charge is 0.303 e. The van der Waals surface area contributed by atoms with E-state index in [1.807, 2.05) is 43.3 Å². The van der Waals surface area contributed by atoms with Gasteiger partial charge in [0.05, 0.1) is 11.7 Å². The molecule has 0 saturated carbocycles. The highest BCUT2D eigenvalue weighted by atomic mass is 79.9. The third kappa shape index (κ3) is 6.72. The topological polar surface area (TPSA) is 77.9 Å². The molecule has 9 heteroatoms. The fraction of sp³-hybridized carbons (Fsp3) is 0.233. The molecule has 39 heavy (non-hydrogen) atoms. The van der Waals surface area contributed by atoms with Crippen LogP contribution in [-0.4, -0.2) is 39.2 Å². The van der Waals surface area contributed by atoms with E-state index in [0.29, 0.717) is 39.7 Å². The number of benzene rings is 3. The summed E-state index contributed by atoms with van der Waals surface area (Å²) < 4.78 is 0.731. The summed E-state index contributed by atoms with van der Waals surface area (Å²) in [4.78, 5) is 42.9. The fourth-order valence-electron chi connectivity index (χ4n) is 4.72. The van der Waals surface area contributed by atoms with Crippen LogP contribution in [-0.2, 0) is 14.4 Å². The van der Waals surface area contributed by atoms with Gasteiger partial charge in [-0.2, -0.15) is 0 Å². The number of halogens is 3. The minimum absolute atomic E-state index is 0.00458. The highest BCUT2D eigenvalue weighted by Crippen LogP contribution is 2.39. The molecule has 1 N–H and O–H groups in total. The van der Waals surface area contributed by atoms with Crippen LogP contribution in [0.25, 0.3) is 5.70 Å². The normalized spacial score (nSPS) is 16.6. The van der Waals surface area contributed by atoms with Crippen LogP contribution in [0.4, 0.5) is 0 Å². The third-order valence-electron chi connectivity index (χ3n) is 6.71. The van der Waals surface area contributed by atoms with Crippen LogP contribution < -0.4 is 0 Å². The summed E-state index contributed by atoms with van der Waals surface area (Å²) in [6.45, 7) is 2.13. The van der Waals surface area contributed by atoms with Gasteiger partial charge in [0.1, 0.15) is 6.04 Å². The lowest BCUT2D eigenvalue weighted by Crippen LogP contribution is -2.43. The van der Waals surface area contributed by atoms with E-state index < -0.39 is 18.1 Å². The Bertz CT molecular complexity index is 1390. The van der Waals surface area contributed by atoms with Gasteiger partial charge >= 0.3 is 5.97 Å². The maximum atomic E-state index is 14.5. The number of aliphatic carboxylic acids is 1. The van der Waals surface area contributed by atoms with Crippen LogP contribution in [0.5, 0.6) is 0 Å². The first-order valence-corrected chi connectivity index (χ1v) is 14.0. The number of rotatable bonds is 9. The molecular weight excluding hydrogens is 603 g/mol. The maximum absolute atomic E-state index is 14.5. The first-order chi connectivity index (χ1) is 18.7. The van der Waals surface area contributed by atoms with E-state index in [1.54, 1.807) is 46.2 Å². The molecule has 0 saturated heterocycles. The SMILES string of the molecule is CC(c1ccc(Cl)cc1)N1C(=O)C=C(c2ccccc2Br)N(CCCCC(=O)O)C(=O)[C@@H]1c1ccc(Cl)cc1. The van der Waals surface area contributed by atoms with Crippen molar-refractivity contribution in [3.05, 3.63) is 110 Å². The van der Waals surface area contributed by atoms with E-state index in [1.165, 1.54) is 6.08 Å². The van der Waals surface area contributed by atoms with Gasteiger partial charge in [-0.3, -0.25) is 14.4 Å². The fourth-order valence-corrected chi connectivity index (χ4v) is 5.46. The van der Waals surface area contributed by atoms with E-state index in [4.69, 9.17) is 28.3 Å². The summed E-state index contributed by atoms with van der Waals surface area (Å²) in [5, 5.41) is 10.2. The molecule has 6 nitrogen and oxygen atoms in total. The maximum Gasteiger partial charge on any atom is 0.303 e. The number of unbranched alkanes of at least 4 members (excludes halogenated alkanes) is 1. The standard InChI is InChI=1S/C30H27BrCl2N2O4/c1-19(20-9-13-22(32)14-10-20)35-27(36)18-26(24-6-2-3-7-25(24)31)34(17-5-4-8-28(37)38)30(39)29(35)21-11-15-23(33)16-12-21/h2-3,6-7,9-16,18-19,29H,4-5,8,17H2,1H3,(H,37,38)/t19?,29-/m0/s1. The van der Waals surface area contributed by atoms with Gasteiger partial charge in [0, 0.05) is 39.1 Å². The number of amides is 2. The molecule has 0 aromatic heterocycles. The Morgan fingerprint density at radius 1 is 0.949 bits per heavy atom. The van der Waals surface area contributed by atoms with Gasteiger partial charge in [-0.05, 0) is 61.2 Å². The second kappa shape index (κ2) is 12.8. The third-order valence-corrected chi connectivity index (χ3v) is 7.91. The van der Waals surface area contributed by atoms with Crippen LogP contribution in [0, 0.1) is 0 Å². The second-order valence-corrected chi connectivity index (χ2v) is 11.0. The highest BCUT2D eigenvalue weighted by molar-refractivity contribution is 9.10. The van der Waals surface area contributed by atoms with Crippen molar-refractivity contribution in [2.24, 2.45) is 0 Å². The summed E-state index contributed by atoms with van der Waals surface area (Å²) in [6.07, 6.45) is 2.34. The number of carbonyl (C=O) groups excluding carboxylic acids is 2. The van der Waals surface area contributed by atoms with Gasteiger partial charge in [0.2, 0.25) is 5.91 Å². The average molecular weight is 630 g/mol. The minimum atomic E-state index is -0.948. The summed E-state index contributed by atoms with van der Waals surface area (Å²) in [7, 11) is 0. The quantitative estimate of drug-likeness (QED) is 0.248. The van der Waals surface area contributed by atoms with Gasteiger partial charge in [0.15, 0.2) is 0 Å². The molecule has 1 aliphatic rings. The van der Waals surface area contributed by atoms with Gasteiger partial charge in [-0.25, -0.2) is 0 Å². The number of nitrogens with zero attached hydrogens (tertiary/aromatic N) is 2. The van der Waals surface area contributed by atoms with Crippen LogP contribution in [0.2, 0.25) is 10.0 Å². The minimum Gasteiger partial charge on any atom is -0.481 e. The Balaban J connectivity index is 1.86. The molecule has 1 heterocycles. The van der Waals surface area contributed by atoms with E-state index in [-0.39, 0.29) is 24.8 Å². The number of hydrogen-bond donors (Lipinski definition) is 1. The highest BCUT2D eigenvalue weighted by Gasteiger charge is 2.41. The Kier molecular flexibility index (Phi) is 9.49. The molecule has 1 aliphatic heterocycles. The molecule has 0 bridgehead atoms. The predicted octanol–water partition coefficient (Wildman–Crippen LogP) is 7.53. The molecule has 2 atom stereocenters. The summed E-state index contributed by atoms with van der Waals surface area (Å²) in [5.41, 5.74) is 2.59. The van der Waals surface area contributed by atoms with Crippen LogP contribution in [0.15, 0.2) is 83.3 Å². The van der Waals surface area contributed by atoms with Gasteiger partial charge < -0.3 is 14.9 Å². The molecule has 2 amide bonds.